The third kappa shape index (κ3) is 2.82. The van der Waals surface area contributed by atoms with Crippen molar-refractivity contribution in [3.63, 3.8) is 0 Å². The van der Waals surface area contributed by atoms with E-state index in [-0.39, 0.29) is 53.0 Å². The van der Waals surface area contributed by atoms with E-state index in [0.717, 1.165) is 28.7 Å². The number of halogens is 2. The molecule has 6 rings (SSSR count). The van der Waals surface area contributed by atoms with E-state index in [1.54, 1.807) is 12.1 Å². The lowest BCUT2D eigenvalue weighted by atomic mass is 9.71. The zero-order chi connectivity index (χ0) is 22.9. The summed E-state index contributed by atoms with van der Waals surface area (Å²) in [6.07, 6.45) is 0.469. The molecular weight excluding hydrogens is 449 g/mol. The molecule has 2 amide bonds. The molecule has 7 nitrogen and oxygen atoms in total. The first-order valence-electron chi connectivity index (χ1n) is 10.7. The molecule has 2 aliphatic carbocycles. The highest BCUT2D eigenvalue weighted by molar-refractivity contribution is 6.31. The second kappa shape index (κ2) is 7.29. The van der Waals surface area contributed by atoms with Gasteiger partial charge >= 0.3 is 0 Å². The van der Waals surface area contributed by atoms with Crippen LogP contribution in [0.5, 0.6) is 5.75 Å². The SMILES string of the molecule is N#CCOc1ccc(C2=NOC3C4CC(C23)C2C(=O)N(c3ccc(F)c(Cl)c3)C(=O)C42)cc1. The fraction of sp³-hybridized carbons (Fsp3) is 0.333. The molecule has 2 saturated carbocycles. The van der Waals surface area contributed by atoms with Gasteiger partial charge in [0, 0.05) is 17.4 Å². The predicted molar refractivity (Wildman–Crippen MR) is 115 cm³/mol. The van der Waals surface area contributed by atoms with Gasteiger partial charge in [0.15, 0.2) is 6.61 Å². The number of imide groups is 1. The molecule has 2 heterocycles. The van der Waals surface area contributed by atoms with E-state index in [0.29, 0.717) is 5.75 Å². The smallest absolute Gasteiger partial charge is 0.238 e. The van der Waals surface area contributed by atoms with Gasteiger partial charge in [-0.05, 0) is 54.8 Å². The van der Waals surface area contributed by atoms with Gasteiger partial charge in [0.1, 0.15) is 23.7 Å². The first kappa shape index (κ1) is 20.2. The van der Waals surface area contributed by atoms with E-state index < -0.39 is 17.7 Å². The maximum Gasteiger partial charge on any atom is 0.238 e. The number of fused-ring (bicyclic) bond motifs is 8. The van der Waals surface area contributed by atoms with Crippen molar-refractivity contribution in [1.29, 1.82) is 5.26 Å². The number of carbonyl (C=O) groups is 2. The van der Waals surface area contributed by atoms with Crippen LogP contribution in [0.15, 0.2) is 47.6 Å². The van der Waals surface area contributed by atoms with Gasteiger partial charge in [0.05, 0.1) is 28.3 Å². The second-order valence-corrected chi connectivity index (χ2v) is 9.18. The summed E-state index contributed by atoms with van der Waals surface area (Å²) in [6, 6.07) is 13.1. The lowest BCUT2D eigenvalue weighted by molar-refractivity contribution is -0.125. The quantitative estimate of drug-likeness (QED) is 0.644. The van der Waals surface area contributed by atoms with Crippen LogP contribution in [0.1, 0.15) is 12.0 Å². The number of hydrogen-bond donors (Lipinski definition) is 0. The number of oxime groups is 1. The molecule has 0 spiro atoms. The highest BCUT2D eigenvalue weighted by atomic mass is 35.5. The molecule has 4 aliphatic rings. The minimum atomic E-state index is -0.604. The highest BCUT2D eigenvalue weighted by Crippen LogP contribution is 2.62. The molecule has 0 N–H and O–H groups in total. The summed E-state index contributed by atoms with van der Waals surface area (Å²) in [6.45, 7) is -0.0349. The summed E-state index contributed by atoms with van der Waals surface area (Å²) in [4.78, 5) is 33.6. The van der Waals surface area contributed by atoms with Gasteiger partial charge in [0.2, 0.25) is 11.8 Å². The molecule has 0 radical (unpaired) electrons. The summed E-state index contributed by atoms with van der Waals surface area (Å²) < 4.78 is 18.9. The van der Waals surface area contributed by atoms with E-state index in [1.165, 1.54) is 12.1 Å². The van der Waals surface area contributed by atoms with Crippen LogP contribution in [0.4, 0.5) is 10.1 Å². The molecule has 3 fully saturated rings. The number of hydrogen-bond acceptors (Lipinski definition) is 6. The molecule has 2 aromatic carbocycles. The van der Waals surface area contributed by atoms with Gasteiger partial charge < -0.3 is 9.57 Å². The van der Waals surface area contributed by atoms with Crippen LogP contribution in [-0.2, 0) is 14.4 Å². The van der Waals surface area contributed by atoms with E-state index in [1.807, 2.05) is 18.2 Å². The summed E-state index contributed by atoms with van der Waals surface area (Å²) in [7, 11) is 0. The Bertz CT molecular complexity index is 1260. The molecular formula is C24H17ClFN3O4. The second-order valence-electron chi connectivity index (χ2n) is 8.77. The molecule has 166 valence electrons. The average molecular weight is 466 g/mol. The minimum absolute atomic E-state index is 0.0349. The first-order valence-corrected chi connectivity index (χ1v) is 11.0. The van der Waals surface area contributed by atoms with Gasteiger partial charge in [-0.2, -0.15) is 5.26 Å². The normalized spacial score (nSPS) is 31.2. The summed E-state index contributed by atoms with van der Waals surface area (Å²) in [5, 5.41) is 12.9. The fourth-order valence-electron chi connectivity index (χ4n) is 6.08. The van der Waals surface area contributed by atoms with Crippen LogP contribution in [0.2, 0.25) is 5.02 Å². The van der Waals surface area contributed by atoms with Crippen LogP contribution >= 0.6 is 11.6 Å². The summed E-state index contributed by atoms with van der Waals surface area (Å²) >= 11 is 5.90. The topological polar surface area (TPSA) is 92.0 Å². The number of nitriles is 1. The van der Waals surface area contributed by atoms with Crippen LogP contribution in [0.25, 0.3) is 0 Å². The van der Waals surface area contributed by atoms with Crippen molar-refractivity contribution in [1.82, 2.24) is 0 Å². The Morgan fingerprint density at radius 2 is 1.85 bits per heavy atom. The zero-order valence-corrected chi connectivity index (χ0v) is 17.9. The highest BCUT2D eigenvalue weighted by Gasteiger charge is 2.70. The molecule has 1 saturated heterocycles. The Hall–Kier alpha value is -3.44. The van der Waals surface area contributed by atoms with Crippen LogP contribution < -0.4 is 9.64 Å². The fourth-order valence-corrected chi connectivity index (χ4v) is 6.26. The van der Waals surface area contributed by atoms with Crippen molar-refractivity contribution >= 4 is 34.8 Å². The van der Waals surface area contributed by atoms with Crippen molar-refractivity contribution in [3.05, 3.63) is 58.9 Å². The zero-order valence-electron chi connectivity index (χ0n) is 17.2. The number of benzene rings is 2. The Kier molecular flexibility index (Phi) is 4.46. The monoisotopic (exact) mass is 465 g/mol. The van der Waals surface area contributed by atoms with Crippen LogP contribution in [-0.4, -0.2) is 30.2 Å². The van der Waals surface area contributed by atoms with Crippen LogP contribution in [0.3, 0.4) is 0 Å². The Morgan fingerprint density at radius 3 is 2.55 bits per heavy atom. The molecule has 2 aliphatic heterocycles. The van der Waals surface area contributed by atoms with Gasteiger partial charge in [-0.15, -0.1) is 0 Å². The summed E-state index contributed by atoms with van der Waals surface area (Å²) in [5.74, 6) is -1.78. The summed E-state index contributed by atoms with van der Waals surface area (Å²) in [5.41, 5.74) is 1.91. The number of amides is 2. The molecule has 2 aromatic rings. The van der Waals surface area contributed by atoms with E-state index in [9.17, 15) is 14.0 Å². The molecule has 6 unspecified atom stereocenters. The van der Waals surface area contributed by atoms with Crippen LogP contribution in [0, 0.1) is 46.7 Å². The maximum absolute atomic E-state index is 13.6. The molecule has 9 heteroatoms. The molecule has 2 bridgehead atoms. The first-order chi connectivity index (χ1) is 16.0. The standard InChI is InChI=1S/C24H17ClFN3O4/c25-16-9-12(3-6-17(16)26)29-23(30)18-14-10-15(19(18)24(29)31)22-20(14)21(28-33-22)11-1-4-13(5-2-11)32-8-7-27/h1-6,9,14-15,18-20,22H,8,10H2. The van der Waals surface area contributed by atoms with Crippen molar-refractivity contribution in [3.8, 4) is 11.8 Å². The Labute approximate surface area is 193 Å². The van der Waals surface area contributed by atoms with Gasteiger partial charge in [-0.25, -0.2) is 9.29 Å². The molecule has 33 heavy (non-hydrogen) atoms. The van der Waals surface area contributed by atoms with E-state index >= 15 is 0 Å². The number of carbonyl (C=O) groups excluding carboxylic acids is 2. The lowest BCUT2D eigenvalue weighted by Gasteiger charge is -2.29. The third-order valence-electron chi connectivity index (χ3n) is 7.31. The number of rotatable bonds is 4. The largest absolute Gasteiger partial charge is 0.479 e. The maximum atomic E-state index is 13.6. The third-order valence-corrected chi connectivity index (χ3v) is 7.60. The molecule has 6 atom stereocenters. The predicted octanol–water partition coefficient (Wildman–Crippen LogP) is 3.56. The Morgan fingerprint density at radius 1 is 1.12 bits per heavy atom. The Balaban J connectivity index is 1.28. The van der Waals surface area contributed by atoms with E-state index in [4.69, 9.17) is 26.4 Å². The van der Waals surface area contributed by atoms with Crippen molar-refractivity contribution in [2.75, 3.05) is 11.5 Å². The van der Waals surface area contributed by atoms with Crippen molar-refractivity contribution < 1.29 is 23.6 Å². The number of ether oxygens (including phenoxy) is 1. The van der Waals surface area contributed by atoms with E-state index in [2.05, 4.69) is 5.16 Å². The van der Waals surface area contributed by atoms with Gasteiger partial charge in [-0.3, -0.25) is 9.59 Å². The van der Waals surface area contributed by atoms with Gasteiger partial charge in [-0.1, -0.05) is 16.8 Å². The van der Waals surface area contributed by atoms with Crippen molar-refractivity contribution in [2.45, 2.75) is 12.5 Å². The van der Waals surface area contributed by atoms with Crippen molar-refractivity contribution in [2.24, 2.45) is 34.7 Å². The lowest BCUT2D eigenvalue weighted by Crippen LogP contribution is -2.41. The van der Waals surface area contributed by atoms with Gasteiger partial charge in [0.25, 0.3) is 0 Å². The molecule has 0 aromatic heterocycles. The number of anilines is 1. The number of nitrogens with zero attached hydrogens (tertiary/aromatic N) is 3. The average Bonchev–Trinajstić information content (AvgIpc) is 3.55. The minimum Gasteiger partial charge on any atom is -0.479 e.